The molecule has 0 aliphatic rings. The Kier molecular flexibility index (Phi) is 8.30. The van der Waals surface area contributed by atoms with E-state index < -0.39 is 20.5 Å². The monoisotopic (exact) mass is 328 g/mol. The molecule has 0 aliphatic carbocycles. The highest BCUT2D eigenvalue weighted by atomic mass is 28.4. The molecule has 0 heterocycles. The van der Waals surface area contributed by atoms with Crippen LogP contribution < -0.4 is 5.32 Å². The Labute approximate surface area is 136 Å². The Morgan fingerprint density at radius 1 is 1.36 bits per heavy atom. The normalized spacial score (nSPS) is 16.5. The topological polar surface area (TPSA) is 71.3 Å². The van der Waals surface area contributed by atoms with Crippen molar-refractivity contribution in [2.75, 3.05) is 6.61 Å². The van der Waals surface area contributed by atoms with E-state index in [1.54, 1.807) is 0 Å². The molecule has 6 heteroatoms. The van der Waals surface area contributed by atoms with Gasteiger partial charge in [-0.05, 0) is 31.5 Å². The molecule has 0 aromatic carbocycles. The summed E-state index contributed by atoms with van der Waals surface area (Å²) in [5, 5.41) is 12.3. The third-order valence-electron chi connectivity index (χ3n) is 4.11. The lowest BCUT2D eigenvalue weighted by atomic mass is 10.0. The van der Waals surface area contributed by atoms with Gasteiger partial charge in [0.15, 0.2) is 8.32 Å². The van der Waals surface area contributed by atoms with Crippen LogP contribution in [0.3, 0.4) is 0 Å². The molecule has 0 saturated heterocycles. The lowest BCUT2D eigenvalue weighted by molar-refractivity contribution is -0.125. The summed E-state index contributed by atoms with van der Waals surface area (Å²) in [5.41, 5.74) is 0. The highest BCUT2D eigenvalue weighted by Gasteiger charge is 2.41. The second kappa shape index (κ2) is 8.66. The van der Waals surface area contributed by atoms with Crippen molar-refractivity contribution >= 4 is 14.2 Å². The fraction of sp³-hybridized carbons (Fsp3) is 0.875. The Bertz CT molecular complexity index is 399. The minimum Gasteiger partial charge on any atom is -0.413 e. The van der Waals surface area contributed by atoms with Crippen LogP contribution in [0, 0.1) is 17.2 Å². The Morgan fingerprint density at radius 2 is 1.91 bits per heavy atom. The van der Waals surface area contributed by atoms with E-state index in [1.165, 1.54) is 6.92 Å². The van der Waals surface area contributed by atoms with Crippen molar-refractivity contribution in [3.05, 3.63) is 0 Å². The van der Waals surface area contributed by atoms with Gasteiger partial charge in [-0.3, -0.25) is 4.79 Å². The average molecular weight is 329 g/mol. The largest absolute Gasteiger partial charge is 0.413 e. The molecule has 0 aliphatic heterocycles. The fourth-order valence-corrected chi connectivity index (χ4v) is 3.24. The Balaban J connectivity index is 5.10. The SMILES string of the molecule is CCCO[C@@H](NC(C)=O)[C@H](C#N)[C@@H](C)O[Si](C)(C)C(C)(C)C. The molecule has 128 valence electrons. The summed E-state index contributed by atoms with van der Waals surface area (Å²) in [5.74, 6) is -0.745. The van der Waals surface area contributed by atoms with Gasteiger partial charge in [-0.25, -0.2) is 0 Å². The maximum Gasteiger partial charge on any atom is 0.218 e. The highest BCUT2D eigenvalue weighted by Crippen LogP contribution is 2.38. The molecule has 22 heavy (non-hydrogen) atoms. The van der Waals surface area contributed by atoms with Crippen LogP contribution in [0.15, 0.2) is 0 Å². The van der Waals surface area contributed by atoms with Crippen molar-refractivity contribution in [2.24, 2.45) is 5.92 Å². The zero-order valence-corrected chi connectivity index (χ0v) is 16.3. The van der Waals surface area contributed by atoms with Gasteiger partial charge in [0.25, 0.3) is 0 Å². The maximum absolute atomic E-state index is 11.4. The van der Waals surface area contributed by atoms with Gasteiger partial charge >= 0.3 is 0 Å². The zero-order chi connectivity index (χ0) is 17.6. The lowest BCUT2D eigenvalue weighted by Gasteiger charge is -2.40. The first-order valence-electron chi connectivity index (χ1n) is 7.92. The predicted octanol–water partition coefficient (Wildman–Crippen LogP) is 3.43. The first-order valence-corrected chi connectivity index (χ1v) is 10.8. The van der Waals surface area contributed by atoms with Crippen molar-refractivity contribution in [1.82, 2.24) is 5.32 Å². The Hall–Kier alpha value is -0.903. The molecule has 0 radical (unpaired) electrons. The number of hydrogen-bond donors (Lipinski definition) is 1. The summed E-state index contributed by atoms with van der Waals surface area (Å²) < 4.78 is 11.9. The molecule has 0 bridgehead atoms. The smallest absolute Gasteiger partial charge is 0.218 e. The molecule has 0 aromatic rings. The predicted molar refractivity (Wildman–Crippen MR) is 90.7 cm³/mol. The number of amides is 1. The molecule has 1 N–H and O–H groups in total. The summed E-state index contributed by atoms with van der Waals surface area (Å²) in [4.78, 5) is 11.4. The van der Waals surface area contributed by atoms with E-state index in [4.69, 9.17) is 9.16 Å². The molecule has 0 rings (SSSR count). The number of carbonyl (C=O) groups is 1. The third kappa shape index (κ3) is 6.47. The van der Waals surface area contributed by atoms with Gasteiger partial charge in [0, 0.05) is 13.5 Å². The number of nitrogens with one attached hydrogen (secondary N) is 1. The molecule has 3 atom stereocenters. The molecule has 0 unspecified atom stereocenters. The lowest BCUT2D eigenvalue weighted by Crippen LogP contribution is -2.50. The van der Waals surface area contributed by atoms with Crippen LogP contribution in [0.5, 0.6) is 0 Å². The standard InChI is InChI=1S/C16H32N2O3Si/c1-9-10-20-15(18-13(3)19)14(11-17)12(2)21-22(7,8)16(4,5)6/h12,14-15H,9-10H2,1-8H3,(H,18,19)/t12-,14-,15-/m1/s1. The van der Waals surface area contributed by atoms with Crippen LogP contribution in [0.2, 0.25) is 18.1 Å². The van der Waals surface area contributed by atoms with Gasteiger partial charge in [0.05, 0.1) is 12.2 Å². The summed E-state index contributed by atoms with van der Waals surface area (Å²) in [6, 6.07) is 2.25. The highest BCUT2D eigenvalue weighted by molar-refractivity contribution is 6.74. The van der Waals surface area contributed by atoms with Gasteiger partial charge < -0.3 is 14.5 Å². The van der Waals surface area contributed by atoms with Gasteiger partial charge in [0.2, 0.25) is 5.91 Å². The zero-order valence-electron chi connectivity index (χ0n) is 15.3. The van der Waals surface area contributed by atoms with Crippen molar-refractivity contribution in [3.8, 4) is 6.07 Å². The molecule has 0 saturated carbocycles. The minimum atomic E-state index is -1.98. The molecular weight excluding hydrogens is 296 g/mol. The average Bonchev–Trinajstić information content (AvgIpc) is 2.33. The van der Waals surface area contributed by atoms with Gasteiger partial charge in [-0.1, -0.05) is 27.7 Å². The number of nitrogens with zero attached hydrogens (tertiary/aromatic N) is 1. The molecular formula is C16H32N2O3Si. The van der Waals surface area contributed by atoms with Gasteiger partial charge in [0.1, 0.15) is 12.1 Å². The van der Waals surface area contributed by atoms with E-state index in [0.29, 0.717) is 6.61 Å². The van der Waals surface area contributed by atoms with Gasteiger partial charge in [-0.2, -0.15) is 5.26 Å². The Morgan fingerprint density at radius 3 is 2.27 bits per heavy atom. The van der Waals surface area contributed by atoms with Crippen LogP contribution in [0.1, 0.15) is 48.0 Å². The molecule has 0 aromatic heterocycles. The fourth-order valence-electron chi connectivity index (χ4n) is 1.81. The third-order valence-corrected chi connectivity index (χ3v) is 8.69. The van der Waals surface area contributed by atoms with Crippen LogP contribution in [0.4, 0.5) is 0 Å². The second-order valence-electron chi connectivity index (χ2n) is 7.23. The summed E-state index contributed by atoms with van der Waals surface area (Å²) in [6.07, 6.45) is -0.118. The molecule has 0 spiro atoms. The van der Waals surface area contributed by atoms with Crippen molar-refractivity contribution < 1.29 is 14.0 Å². The minimum absolute atomic E-state index is 0.0645. The van der Waals surface area contributed by atoms with E-state index >= 15 is 0 Å². The van der Waals surface area contributed by atoms with E-state index in [0.717, 1.165) is 6.42 Å². The van der Waals surface area contributed by atoms with Gasteiger partial charge in [-0.15, -0.1) is 0 Å². The van der Waals surface area contributed by atoms with E-state index in [1.807, 2.05) is 13.8 Å². The van der Waals surface area contributed by atoms with Crippen LogP contribution >= 0.6 is 0 Å². The summed E-state index contributed by atoms with van der Waals surface area (Å²) in [7, 11) is -1.98. The van der Waals surface area contributed by atoms with Crippen LogP contribution in [-0.4, -0.2) is 33.2 Å². The number of hydrogen-bond acceptors (Lipinski definition) is 4. The quantitative estimate of drug-likeness (QED) is 0.547. The first kappa shape index (κ1) is 21.1. The van der Waals surface area contributed by atoms with Crippen molar-refractivity contribution in [3.63, 3.8) is 0 Å². The van der Waals surface area contributed by atoms with Crippen molar-refractivity contribution in [1.29, 1.82) is 5.26 Å². The number of rotatable bonds is 8. The number of nitriles is 1. The van der Waals surface area contributed by atoms with Crippen LogP contribution in [0.25, 0.3) is 0 Å². The second-order valence-corrected chi connectivity index (χ2v) is 12.0. The van der Waals surface area contributed by atoms with Crippen molar-refractivity contribution in [2.45, 2.75) is 78.4 Å². The van der Waals surface area contributed by atoms with E-state index in [-0.39, 0.29) is 17.0 Å². The maximum atomic E-state index is 11.4. The molecule has 5 nitrogen and oxygen atoms in total. The number of carbonyl (C=O) groups excluding carboxylic acids is 1. The van der Waals surface area contributed by atoms with E-state index in [9.17, 15) is 10.1 Å². The first-order chi connectivity index (χ1) is 9.96. The van der Waals surface area contributed by atoms with Crippen LogP contribution in [-0.2, 0) is 14.0 Å². The summed E-state index contributed by atoms with van der Waals surface area (Å²) in [6.45, 7) is 16.6. The molecule has 1 amide bonds. The van der Waals surface area contributed by atoms with E-state index in [2.05, 4.69) is 45.3 Å². The number of ether oxygens (including phenoxy) is 1. The molecule has 0 fully saturated rings. The summed E-state index contributed by atoms with van der Waals surface area (Å²) >= 11 is 0.